The van der Waals surface area contributed by atoms with E-state index in [0.29, 0.717) is 31.2 Å². The number of nitrogens with one attached hydrogen (secondary N) is 3. The van der Waals surface area contributed by atoms with Gasteiger partial charge in [-0.1, -0.05) is 12.1 Å². The van der Waals surface area contributed by atoms with Crippen LogP contribution in [0.2, 0.25) is 0 Å². The molecule has 0 bridgehead atoms. The van der Waals surface area contributed by atoms with Gasteiger partial charge in [-0.2, -0.15) is 0 Å². The second-order valence-corrected chi connectivity index (χ2v) is 8.52. The summed E-state index contributed by atoms with van der Waals surface area (Å²) in [7, 11) is -1.79. The number of rotatable bonds is 8. The molecule has 1 fully saturated rings. The minimum Gasteiger partial charge on any atom is -0.377 e. The lowest BCUT2D eigenvalue weighted by Gasteiger charge is -2.22. The van der Waals surface area contributed by atoms with E-state index in [1.807, 2.05) is 6.07 Å². The molecule has 152 valence electrons. The fourth-order valence-corrected chi connectivity index (χ4v) is 3.67. The molecular weight excluding hydrogens is 371 g/mol. The Morgan fingerprint density at radius 3 is 2.81 bits per heavy atom. The third-order valence-electron chi connectivity index (χ3n) is 4.39. The van der Waals surface area contributed by atoms with Crippen molar-refractivity contribution in [1.82, 2.24) is 15.4 Å². The predicted molar refractivity (Wildman–Crippen MR) is 105 cm³/mol. The van der Waals surface area contributed by atoms with Gasteiger partial charge in [-0.05, 0) is 43.4 Å². The summed E-state index contributed by atoms with van der Waals surface area (Å²) in [4.78, 5) is 4.05. The number of halogens is 1. The third-order valence-corrected chi connectivity index (χ3v) is 5.74. The van der Waals surface area contributed by atoms with Crippen LogP contribution >= 0.6 is 0 Å². The van der Waals surface area contributed by atoms with E-state index in [0.717, 1.165) is 24.8 Å². The minimum atomic E-state index is -3.39. The molecule has 1 saturated heterocycles. The molecule has 0 saturated carbocycles. The van der Waals surface area contributed by atoms with Gasteiger partial charge in [0, 0.05) is 33.3 Å². The highest BCUT2D eigenvalue weighted by Crippen LogP contribution is 2.12. The van der Waals surface area contributed by atoms with Crippen molar-refractivity contribution in [1.29, 1.82) is 0 Å². The van der Waals surface area contributed by atoms with Crippen LogP contribution in [0.4, 0.5) is 4.39 Å². The molecule has 1 unspecified atom stereocenters. The van der Waals surface area contributed by atoms with Gasteiger partial charge < -0.3 is 15.4 Å². The van der Waals surface area contributed by atoms with E-state index in [1.54, 1.807) is 20.0 Å². The zero-order valence-electron chi connectivity index (χ0n) is 15.9. The fraction of sp³-hybridized carbons (Fsp3) is 0.611. The van der Waals surface area contributed by atoms with Crippen LogP contribution in [0.1, 0.15) is 30.4 Å². The molecular formula is C18H29FN4O3S. The van der Waals surface area contributed by atoms with E-state index in [1.165, 1.54) is 6.07 Å². The molecule has 7 nitrogen and oxygen atoms in total. The first kappa shape index (κ1) is 21.6. The van der Waals surface area contributed by atoms with Crippen LogP contribution in [0.15, 0.2) is 23.2 Å². The second-order valence-electron chi connectivity index (χ2n) is 6.59. The first-order valence-corrected chi connectivity index (χ1v) is 10.8. The zero-order chi connectivity index (χ0) is 19.7. The fourth-order valence-electron chi connectivity index (χ4n) is 2.72. The first-order chi connectivity index (χ1) is 12.9. The van der Waals surface area contributed by atoms with Crippen molar-refractivity contribution >= 4 is 16.0 Å². The van der Waals surface area contributed by atoms with Crippen molar-refractivity contribution < 1.29 is 17.5 Å². The van der Waals surface area contributed by atoms with Crippen molar-refractivity contribution in [3.05, 3.63) is 35.1 Å². The standard InChI is InChI=1S/C18H29FN4O3S/c1-14-6-7-15(11-17(14)19)12-22-18(20-2)21-8-10-27(24,25)23-13-16-5-3-4-9-26-16/h6-7,11,16,23H,3-5,8-10,12-13H2,1-2H3,(H2,20,21,22). The van der Waals surface area contributed by atoms with Crippen LogP contribution in [-0.2, 0) is 21.3 Å². The number of hydrogen-bond acceptors (Lipinski definition) is 4. The lowest BCUT2D eigenvalue weighted by Crippen LogP contribution is -2.42. The summed E-state index contributed by atoms with van der Waals surface area (Å²) in [6.45, 7) is 3.32. The molecule has 1 aliphatic rings. The molecule has 0 aromatic heterocycles. The zero-order valence-corrected chi connectivity index (χ0v) is 16.7. The highest BCUT2D eigenvalue weighted by atomic mass is 32.2. The Labute approximate surface area is 160 Å². The smallest absolute Gasteiger partial charge is 0.213 e. The Morgan fingerprint density at radius 2 is 2.15 bits per heavy atom. The van der Waals surface area contributed by atoms with E-state index >= 15 is 0 Å². The average molecular weight is 401 g/mol. The van der Waals surface area contributed by atoms with Gasteiger partial charge >= 0.3 is 0 Å². The molecule has 3 N–H and O–H groups in total. The van der Waals surface area contributed by atoms with Crippen LogP contribution < -0.4 is 15.4 Å². The van der Waals surface area contributed by atoms with Crippen LogP contribution in [-0.4, -0.2) is 53.0 Å². The third kappa shape index (κ3) is 7.82. The maximum Gasteiger partial charge on any atom is 0.213 e. The normalized spacial score (nSPS) is 18.3. The number of sulfonamides is 1. The number of benzene rings is 1. The Morgan fingerprint density at radius 1 is 1.33 bits per heavy atom. The topological polar surface area (TPSA) is 91.8 Å². The van der Waals surface area contributed by atoms with Crippen LogP contribution in [0.3, 0.4) is 0 Å². The van der Waals surface area contributed by atoms with Crippen LogP contribution in [0.25, 0.3) is 0 Å². The number of nitrogens with zero attached hydrogens (tertiary/aromatic N) is 1. The Balaban J connectivity index is 1.70. The van der Waals surface area contributed by atoms with Gasteiger partial charge in [0.15, 0.2) is 5.96 Å². The molecule has 0 spiro atoms. The average Bonchev–Trinajstić information content (AvgIpc) is 2.66. The Hall–Kier alpha value is -1.71. The summed E-state index contributed by atoms with van der Waals surface area (Å²) >= 11 is 0. The van der Waals surface area contributed by atoms with Crippen molar-refractivity contribution in [3.8, 4) is 0 Å². The molecule has 1 aromatic carbocycles. The minimum absolute atomic E-state index is 0.0363. The highest BCUT2D eigenvalue weighted by Gasteiger charge is 2.17. The molecule has 1 atom stereocenters. The van der Waals surface area contributed by atoms with Crippen molar-refractivity contribution in [2.45, 2.75) is 38.8 Å². The molecule has 9 heteroatoms. The molecule has 2 rings (SSSR count). The molecule has 1 aromatic rings. The van der Waals surface area contributed by atoms with Gasteiger partial charge in [-0.15, -0.1) is 0 Å². The molecule has 0 aliphatic carbocycles. The second kappa shape index (κ2) is 10.6. The monoisotopic (exact) mass is 400 g/mol. The lowest BCUT2D eigenvalue weighted by atomic mass is 10.1. The summed E-state index contributed by atoms with van der Waals surface area (Å²) in [5.41, 5.74) is 1.38. The number of aryl methyl sites for hydroxylation is 1. The number of guanidine groups is 1. The van der Waals surface area contributed by atoms with E-state index < -0.39 is 10.0 Å². The summed E-state index contributed by atoms with van der Waals surface area (Å²) in [5, 5.41) is 5.99. The molecule has 1 aliphatic heterocycles. The largest absolute Gasteiger partial charge is 0.377 e. The molecule has 1 heterocycles. The Bertz CT molecular complexity index is 734. The van der Waals surface area contributed by atoms with Crippen molar-refractivity contribution in [3.63, 3.8) is 0 Å². The van der Waals surface area contributed by atoms with Gasteiger partial charge in [0.1, 0.15) is 5.82 Å². The maximum atomic E-state index is 13.6. The molecule has 0 radical (unpaired) electrons. The van der Waals surface area contributed by atoms with Gasteiger partial charge in [0.05, 0.1) is 11.9 Å². The highest BCUT2D eigenvalue weighted by molar-refractivity contribution is 7.89. The maximum absolute atomic E-state index is 13.6. The summed E-state index contributed by atoms with van der Waals surface area (Å²) in [5.74, 6) is 0.137. The van der Waals surface area contributed by atoms with Gasteiger partial charge in [0.25, 0.3) is 0 Å². The first-order valence-electron chi connectivity index (χ1n) is 9.18. The molecule has 0 amide bonds. The van der Waals surface area contributed by atoms with Crippen molar-refractivity contribution in [2.24, 2.45) is 4.99 Å². The van der Waals surface area contributed by atoms with Gasteiger partial charge in [-0.25, -0.2) is 17.5 Å². The van der Waals surface area contributed by atoms with E-state index in [9.17, 15) is 12.8 Å². The van der Waals surface area contributed by atoms with Crippen LogP contribution in [0.5, 0.6) is 0 Å². The van der Waals surface area contributed by atoms with E-state index in [-0.39, 0.29) is 24.2 Å². The number of aliphatic imine (C=N–C) groups is 1. The van der Waals surface area contributed by atoms with E-state index in [4.69, 9.17) is 4.74 Å². The summed E-state index contributed by atoms with van der Waals surface area (Å²) in [6, 6.07) is 5.02. The number of ether oxygens (including phenoxy) is 1. The Kier molecular flexibility index (Phi) is 8.46. The lowest BCUT2D eigenvalue weighted by molar-refractivity contribution is 0.0200. The number of hydrogen-bond donors (Lipinski definition) is 3. The van der Waals surface area contributed by atoms with Gasteiger partial charge in [0.2, 0.25) is 10.0 Å². The van der Waals surface area contributed by atoms with Crippen molar-refractivity contribution in [2.75, 3.05) is 32.5 Å². The summed E-state index contributed by atoms with van der Waals surface area (Å²) < 4.78 is 45.9. The van der Waals surface area contributed by atoms with E-state index in [2.05, 4.69) is 20.3 Å². The predicted octanol–water partition coefficient (Wildman–Crippen LogP) is 1.29. The van der Waals surface area contributed by atoms with Gasteiger partial charge in [-0.3, -0.25) is 4.99 Å². The quantitative estimate of drug-likeness (QED) is 0.452. The SMILES string of the molecule is CN=C(NCCS(=O)(=O)NCC1CCCCO1)NCc1ccc(C)c(F)c1. The molecule has 27 heavy (non-hydrogen) atoms. The van der Waals surface area contributed by atoms with Crippen LogP contribution in [0, 0.1) is 12.7 Å². The summed E-state index contributed by atoms with van der Waals surface area (Å²) in [6.07, 6.45) is 2.96.